The first-order valence-corrected chi connectivity index (χ1v) is 6.61. The van der Waals surface area contributed by atoms with Gasteiger partial charge >= 0.3 is 6.18 Å². The van der Waals surface area contributed by atoms with Crippen LogP contribution in [0.4, 0.5) is 24.9 Å². The zero-order chi connectivity index (χ0) is 16.7. The molecule has 0 saturated carbocycles. The fourth-order valence-electron chi connectivity index (χ4n) is 2.44. The Kier molecular flexibility index (Phi) is 3.99. The van der Waals surface area contributed by atoms with Gasteiger partial charge in [0.2, 0.25) is 5.95 Å². The number of nitrogens with one attached hydrogen (secondary N) is 1. The smallest absolute Gasteiger partial charge is 0.372 e. The Morgan fingerprint density at radius 3 is 2.41 bits per heavy atom. The topological polar surface area (TPSA) is 81.7 Å². The van der Waals surface area contributed by atoms with Crippen molar-refractivity contribution < 1.29 is 13.2 Å². The molecule has 0 aromatic carbocycles. The number of aryl methyl sites for hydroxylation is 1. The second kappa shape index (κ2) is 5.47. The molecule has 0 bridgehead atoms. The molecule has 0 atom stereocenters. The van der Waals surface area contributed by atoms with Crippen molar-refractivity contribution in [3.8, 4) is 11.3 Å². The molecule has 2 rings (SSSR count). The summed E-state index contributed by atoms with van der Waals surface area (Å²) in [5.74, 6) is -0.614. The number of hydrogen-bond donors (Lipinski definition) is 2. The predicted molar refractivity (Wildman–Crippen MR) is 77.3 cm³/mol. The summed E-state index contributed by atoms with van der Waals surface area (Å²) in [5.41, 5.74) is 5.30. The summed E-state index contributed by atoms with van der Waals surface area (Å²) in [5, 5.41) is 6.48. The number of rotatable bonds is 3. The van der Waals surface area contributed by atoms with Crippen LogP contribution in [0.2, 0.25) is 0 Å². The molecule has 9 heteroatoms. The molecule has 120 valence electrons. The van der Waals surface area contributed by atoms with Gasteiger partial charge in [0.25, 0.3) is 0 Å². The van der Waals surface area contributed by atoms with E-state index >= 15 is 0 Å². The third-order valence-corrected chi connectivity index (χ3v) is 3.23. The van der Waals surface area contributed by atoms with Crippen molar-refractivity contribution in [2.75, 3.05) is 18.1 Å². The van der Waals surface area contributed by atoms with Crippen LogP contribution in [0.25, 0.3) is 11.3 Å². The normalized spacial score (nSPS) is 12.0. The van der Waals surface area contributed by atoms with Crippen molar-refractivity contribution in [1.29, 1.82) is 0 Å². The highest BCUT2D eigenvalue weighted by Crippen LogP contribution is 2.42. The maximum absolute atomic E-state index is 13.5. The van der Waals surface area contributed by atoms with E-state index in [1.165, 1.54) is 17.9 Å². The second-order valence-electron chi connectivity index (χ2n) is 5.12. The van der Waals surface area contributed by atoms with E-state index in [4.69, 9.17) is 5.73 Å². The van der Waals surface area contributed by atoms with Crippen molar-refractivity contribution in [2.45, 2.75) is 25.9 Å². The fourth-order valence-corrected chi connectivity index (χ4v) is 2.44. The SMILES string of the molecule is CNc1nc(N)nc(-c2cnn(C)c2C(C)C)c1C(F)(F)F. The van der Waals surface area contributed by atoms with Gasteiger partial charge in [0.15, 0.2) is 0 Å². The summed E-state index contributed by atoms with van der Waals surface area (Å²) in [6, 6.07) is 0. The lowest BCUT2D eigenvalue weighted by Gasteiger charge is -2.17. The number of hydrogen-bond acceptors (Lipinski definition) is 5. The van der Waals surface area contributed by atoms with Gasteiger partial charge in [-0.2, -0.15) is 23.3 Å². The molecule has 0 saturated heterocycles. The number of alkyl halides is 3. The Morgan fingerprint density at radius 1 is 1.27 bits per heavy atom. The molecule has 0 aliphatic carbocycles. The van der Waals surface area contributed by atoms with Crippen LogP contribution < -0.4 is 11.1 Å². The van der Waals surface area contributed by atoms with Gasteiger partial charge in [-0.05, 0) is 5.92 Å². The highest BCUT2D eigenvalue weighted by molar-refractivity contribution is 5.72. The molecular formula is C13H17F3N6. The van der Waals surface area contributed by atoms with Gasteiger partial charge in [-0.15, -0.1) is 0 Å². The minimum atomic E-state index is -4.62. The van der Waals surface area contributed by atoms with E-state index in [0.29, 0.717) is 11.3 Å². The van der Waals surface area contributed by atoms with Crippen LogP contribution >= 0.6 is 0 Å². The molecule has 0 aliphatic heterocycles. The van der Waals surface area contributed by atoms with Crippen LogP contribution in [0.5, 0.6) is 0 Å². The molecule has 0 unspecified atom stereocenters. The van der Waals surface area contributed by atoms with Crippen LogP contribution in [0, 0.1) is 0 Å². The Balaban J connectivity index is 2.83. The van der Waals surface area contributed by atoms with Gasteiger partial charge in [-0.25, -0.2) is 4.98 Å². The van der Waals surface area contributed by atoms with E-state index < -0.39 is 11.7 Å². The van der Waals surface area contributed by atoms with E-state index in [-0.39, 0.29) is 23.4 Å². The summed E-state index contributed by atoms with van der Waals surface area (Å²) in [4.78, 5) is 7.46. The van der Waals surface area contributed by atoms with Crippen LogP contribution in [0.3, 0.4) is 0 Å². The lowest BCUT2D eigenvalue weighted by atomic mass is 10.00. The molecule has 6 nitrogen and oxygen atoms in total. The summed E-state index contributed by atoms with van der Waals surface area (Å²) in [6.07, 6.45) is -3.25. The molecule has 2 heterocycles. The van der Waals surface area contributed by atoms with Gasteiger partial charge in [-0.3, -0.25) is 4.68 Å². The predicted octanol–water partition coefficient (Wildman–Crippen LogP) is 2.64. The van der Waals surface area contributed by atoms with Gasteiger partial charge in [0, 0.05) is 25.4 Å². The van der Waals surface area contributed by atoms with Crippen molar-refractivity contribution in [1.82, 2.24) is 19.7 Å². The first-order chi connectivity index (χ1) is 10.2. The summed E-state index contributed by atoms with van der Waals surface area (Å²) < 4.78 is 41.9. The Labute approximate surface area is 125 Å². The lowest BCUT2D eigenvalue weighted by molar-refractivity contribution is -0.136. The highest BCUT2D eigenvalue weighted by Gasteiger charge is 2.39. The van der Waals surface area contributed by atoms with Crippen molar-refractivity contribution in [2.24, 2.45) is 7.05 Å². The average Bonchev–Trinajstić information content (AvgIpc) is 2.78. The van der Waals surface area contributed by atoms with E-state index in [2.05, 4.69) is 20.4 Å². The molecule has 2 aromatic rings. The zero-order valence-electron chi connectivity index (χ0n) is 12.7. The summed E-state index contributed by atoms with van der Waals surface area (Å²) in [7, 11) is 3.03. The molecular weight excluding hydrogens is 297 g/mol. The minimum Gasteiger partial charge on any atom is -0.372 e. The Bertz CT molecular complexity index is 690. The molecule has 2 aromatic heterocycles. The monoisotopic (exact) mass is 314 g/mol. The second-order valence-corrected chi connectivity index (χ2v) is 5.12. The average molecular weight is 314 g/mol. The molecule has 0 spiro atoms. The molecule has 3 N–H and O–H groups in total. The number of aromatic nitrogens is 4. The third-order valence-electron chi connectivity index (χ3n) is 3.23. The number of nitrogens with two attached hydrogens (primary N) is 1. The lowest BCUT2D eigenvalue weighted by Crippen LogP contribution is -2.16. The van der Waals surface area contributed by atoms with Gasteiger partial charge < -0.3 is 11.1 Å². The fraction of sp³-hybridized carbons (Fsp3) is 0.462. The maximum Gasteiger partial charge on any atom is 0.422 e. The van der Waals surface area contributed by atoms with Crippen LogP contribution in [-0.4, -0.2) is 26.8 Å². The number of nitrogen functional groups attached to an aromatic ring is 1. The number of anilines is 2. The number of nitrogens with zero attached hydrogens (tertiary/aromatic N) is 4. The van der Waals surface area contributed by atoms with Crippen LogP contribution in [-0.2, 0) is 13.2 Å². The Hall–Kier alpha value is -2.32. The molecule has 22 heavy (non-hydrogen) atoms. The molecule has 0 radical (unpaired) electrons. The van der Waals surface area contributed by atoms with E-state index in [9.17, 15) is 13.2 Å². The summed E-state index contributed by atoms with van der Waals surface area (Å²) in [6.45, 7) is 3.74. The summed E-state index contributed by atoms with van der Waals surface area (Å²) >= 11 is 0. The van der Waals surface area contributed by atoms with Crippen LogP contribution in [0.15, 0.2) is 6.20 Å². The highest BCUT2D eigenvalue weighted by atomic mass is 19.4. The first-order valence-electron chi connectivity index (χ1n) is 6.61. The molecule has 0 amide bonds. The molecule has 0 fully saturated rings. The van der Waals surface area contributed by atoms with E-state index in [1.807, 2.05) is 13.8 Å². The standard InChI is InChI=1S/C13H17F3N6/c1-6(2)10-7(5-19-22(10)4)9-8(13(14,15)16)11(18-3)21-12(17)20-9/h5-6H,1-4H3,(H3,17,18,20,21). The largest absolute Gasteiger partial charge is 0.422 e. The third kappa shape index (κ3) is 2.70. The number of halogens is 3. The maximum atomic E-state index is 13.5. The van der Waals surface area contributed by atoms with Crippen molar-refractivity contribution in [3.63, 3.8) is 0 Å². The minimum absolute atomic E-state index is 0.0298. The van der Waals surface area contributed by atoms with Gasteiger partial charge in [0.05, 0.1) is 11.9 Å². The van der Waals surface area contributed by atoms with Gasteiger partial charge in [0.1, 0.15) is 11.4 Å². The van der Waals surface area contributed by atoms with Crippen molar-refractivity contribution >= 4 is 11.8 Å². The first kappa shape index (κ1) is 16.1. The van der Waals surface area contributed by atoms with E-state index in [0.717, 1.165) is 0 Å². The van der Waals surface area contributed by atoms with Crippen LogP contribution in [0.1, 0.15) is 31.0 Å². The van der Waals surface area contributed by atoms with E-state index in [1.54, 1.807) is 7.05 Å². The van der Waals surface area contributed by atoms with Crippen molar-refractivity contribution in [3.05, 3.63) is 17.5 Å². The zero-order valence-corrected chi connectivity index (χ0v) is 12.7. The Morgan fingerprint density at radius 2 is 1.91 bits per heavy atom. The quantitative estimate of drug-likeness (QED) is 0.910. The van der Waals surface area contributed by atoms with Gasteiger partial charge in [-0.1, -0.05) is 13.8 Å². The molecule has 0 aliphatic rings.